The standard InChI is InChI=1S/C11H14N2O5S2/c1-11(2)10(16)12-3-4-13(11)20(17,18)8-5-7(6-19-8)9(14)15/h5-6H,3-4H2,1-2H3,(H,12,16)(H,14,15). The largest absolute Gasteiger partial charge is 0.478 e. The molecule has 2 N–H and O–H groups in total. The molecule has 20 heavy (non-hydrogen) atoms. The highest BCUT2D eigenvalue weighted by Crippen LogP contribution is 2.30. The number of amides is 1. The summed E-state index contributed by atoms with van der Waals surface area (Å²) in [5, 5.41) is 12.7. The highest BCUT2D eigenvalue weighted by atomic mass is 32.2. The van der Waals surface area contributed by atoms with Gasteiger partial charge in [-0.25, -0.2) is 13.2 Å². The zero-order valence-corrected chi connectivity index (χ0v) is 12.5. The van der Waals surface area contributed by atoms with E-state index in [2.05, 4.69) is 5.32 Å². The maximum atomic E-state index is 12.5. The van der Waals surface area contributed by atoms with Crippen LogP contribution < -0.4 is 5.32 Å². The number of carboxylic acid groups (broad SMARTS) is 1. The number of carbonyl (C=O) groups excluding carboxylic acids is 1. The normalized spacial score (nSPS) is 19.6. The van der Waals surface area contributed by atoms with Crippen LogP contribution in [0.4, 0.5) is 0 Å². The van der Waals surface area contributed by atoms with Gasteiger partial charge in [0.15, 0.2) is 0 Å². The summed E-state index contributed by atoms with van der Waals surface area (Å²) in [6.45, 7) is 3.43. The van der Waals surface area contributed by atoms with Gasteiger partial charge in [0.2, 0.25) is 5.91 Å². The van der Waals surface area contributed by atoms with E-state index in [9.17, 15) is 18.0 Å². The maximum absolute atomic E-state index is 12.5. The maximum Gasteiger partial charge on any atom is 0.336 e. The predicted molar refractivity (Wildman–Crippen MR) is 72.3 cm³/mol. The average Bonchev–Trinajstić information content (AvgIpc) is 2.82. The highest BCUT2D eigenvalue weighted by molar-refractivity contribution is 7.91. The van der Waals surface area contributed by atoms with Crippen molar-refractivity contribution in [3.05, 3.63) is 17.0 Å². The minimum atomic E-state index is -3.89. The van der Waals surface area contributed by atoms with Crippen molar-refractivity contribution in [3.63, 3.8) is 0 Å². The fourth-order valence-electron chi connectivity index (χ4n) is 1.97. The SMILES string of the molecule is CC1(C)C(=O)NCCN1S(=O)(=O)c1cc(C(=O)O)cs1. The van der Waals surface area contributed by atoms with Gasteiger partial charge in [-0.15, -0.1) is 11.3 Å². The Balaban J connectivity index is 2.43. The van der Waals surface area contributed by atoms with Crippen LogP contribution in [-0.2, 0) is 14.8 Å². The van der Waals surface area contributed by atoms with Crippen LogP contribution in [-0.4, -0.2) is 48.3 Å². The van der Waals surface area contributed by atoms with E-state index >= 15 is 0 Å². The lowest BCUT2D eigenvalue weighted by atomic mass is 10.0. The molecule has 1 aromatic rings. The van der Waals surface area contributed by atoms with Gasteiger partial charge in [0, 0.05) is 18.5 Å². The molecule has 7 nitrogen and oxygen atoms in total. The summed E-state index contributed by atoms with van der Waals surface area (Å²) in [5.74, 6) is -1.55. The molecule has 0 spiro atoms. The summed E-state index contributed by atoms with van der Waals surface area (Å²) in [4.78, 5) is 22.6. The first kappa shape index (κ1) is 14.9. The molecule has 110 valence electrons. The first-order valence-corrected chi connectivity index (χ1v) is 8.12. The Bertz CT molecular complexity index is 662. The average molecular weight is 318 g/mol. The number of piperazine rings is 1. The summed E-state index contributed by atoms with van der Waals surface area (Å²) in [7, 11) is -3.89. The minimum absolute atomic E-state index is 0.0716. The number of hydrogen-bond acceptors (Lipinski definition) is 5. The minimum Gasteiger partial charge on any atom is -0.478 e. The fraction of sp³-hybridized carbons (Fsp3) is 0.455. The lowest BCUT2D eigenvalue weighted by Gasteiger charge is -2.39. The zero-order valence-electron chi connectivity index (χ0n) is 10.9. The second kappa shape index (κ2) is 4.83. The first-order chi connectivity index (χ1) is 9.17. The summed E-state index contributed by atoms with van der Waals surface area (Å²) in [6, 6.07) is 1.12. The lowest BCUT2D eigenvalue weighted by molar-refractivity contribution is -0.131. The Labute approximate surface area is 120 Å². The van der Waals surface area contributed by atoms with E-state index in [1.54, 1.807) is 0 Å². The van der Waals surface area contributed by atoms with Crippen molar-refractivity contribution in [1.29, 1.82) is 0 Å². The molecule has 9 heteroatoms. The number of hydrogen-bond donors (Lipinski definition) is 2. The zero-order chi connectivity index (χ0) is 15.1. The third kappa shape index (κ3) is 2.32. The van der Waals surface area contributed by atoms with Crippen LogP contribution in [0.1, 0.15) is 24.2 Å². The molecule has 1 saturated heterocycles. The third-order valence-corrected chi connectivity index (χ3v) is 6.63. The van der Waals surface area contributed by atoms with Crippen molar-refractivity contribution in [2.75, 3.05) is 13.1 Å². The molecule has 0 saturated carbocycles. The number of nitrogens with zero attached hydrogens (tertiary/aromatic N) is 1. The van der Waals surface area contributed by atoms with Gasteiger partial charge < -0.3 is 10.4 Å². The topological polar surface area (TPSA) is 104 Å². The molecule has 0 atom stereocenters. The second-order valence-electron chi connectivity index (χ2n) is 4.85. The molecule has 1 aliphatic heterocycles. The summed E-state index contributed by atoms with van der Waals surface area (Å²) in [6.07, 6.45) is 0. The Morgan fingerprint density at radius 1 is 1.50 bits per heavy atom. The molecule has 2 rings (SSSR count). The van der Waals surface area contributed by atoms with Crippen LogP contribution in [0.5, 0.6) is 0 Å². The van der Waals surface area contributed by atoms with Crippen LogP contribution in [0.3, 0.4) is 0 Å². The van der Waals surface area contributed by atoms with Gasteiger partial charge in [0.1, 0.15) is 9.75 Å². The summed E-state index contributed by atoms with van der Waals surface area (Å²) < 4.78 is 26.1. The van der Waals surface area contributed by atoms with Gasteiger partial charge in [-0.3, -0.25) is 4.79 Å². The molecular weight excluding hydrogens is 304 g/mol. The Kier molecular flexibility index (Phi) is 3.61. The van der Waals surface area contributed by atoms with Gasteiger partial charge in [0.05, 0.1) is 5.56 Å². The molecule has 1 aromatic heterocycles. The number of rotatable bonds is 3. The quantitative estimate of drug-likeness (QED) is 0.836. The number of sulfonamides is 1. The molecule has 0 aromatic carbocycles. The van der Waals surface area contributed by atoms with E-state index in [4.69, 9.17) is 5.11 Å². The lowest BCUT2D eigenvalue weighted by Crippen LogP contribution is -2.63. The molecule has 0 radical (unpaired) electrons. The van der Waals surface area contributed by atoms with Crippen molar-refractivity contribution >= 4 is 33.2 Å². The van der Waals surface area contributed by atoms with Crippen LogP contribution in [0, 0.1) is 0 Å². The van der Waals surface area contributed by atoms with Gasteiger partial charge in [-0.05, 0) is 19.9 Å². The Morgan fingerprint density at radius 3 is 2.70 bits per heavy atom. The molecular formula is C11H14N2O5S2. The predicted octanol–water partition coefficient (Wildman–Crippen LogP) is 0.345. The van der Waals surface area contributed by atoms with Crippen LogP contribution in [0.2, 0.25) is 0 Å². The number of carboxylic acids is 1. The van der Waals surface area contributed by atoms with Crippen LogP contribution in [0.15, 0.2) is 15.7 Å². The van der Waals surface area contributed by atoms with E-state index in [0.717, 1.165) is 21.7 Å². The Hall–Kier alpha value is -1.45. The number of nitrogens with one attached hydrogen (secondary N) is 1. The number of thiophene rings is 1. The van der Waals surface area contributed by atoms with E-state index in [1.807, 2.05) is 0 Å². The van der Waals surface area contributed by atoms with E-state index in [-0.39, 0.29) is 28.8 Å². The summed E-state index contributed by atoms with van der Waals surface area (Å²) >= 11 is 0.838. The van der Waals surface area contributed by atoms with Gasteiger partial charge in [-0.1, -0.05) is 0 Å². The Morgan fingerprint density at radius 2 is 2.15 bits per heavy atom. The summed E-state index contributed by atoms with van der Waals surface area (Å²) in [5.41, 5.74) is -1.28. The van der Waals surface area contributed by atoms with Crippen molar-refractivity contribution in [2.24, 2.45) is 0 Å². The monoisotopic (exact) mass is 318 g/mol. The number of aromatic carboxylic acids is 1. The molecule has 0 bridgehead atoms. The molecule has 0 unspecified atom stereocenters. The smallest absolute Gasteiger partial charge is 0.336 e. The van der Waals surface area contributed by atoms with Gasteiger partial charge in [-0.2, -0.15) is 4.31 Å². The molecule has 1 fully saturated rings. The van der Waals surface area contributed by atoms with Crippen molar-refractivity contribution in [3.8, 4) is 0 Å². The van der Waals surface area contributed by atoms with Gasteiger partial charge in [0.25, 0.3) is 10.0 Å². The van der Waals surface area contributed by atoms with Crippen molar-refractivity contribution in [2.45, 2.75) is 23.6 Å². The van der Waals surface area contributed by atoms with Crippen molar-refractivity contribution in [1.82, 2.24) is 9.62 Å². The molecule has 2 heterocycles. The third-order valence-electron chi connectivity index (χ3n) is 3.15. The van der Waals surface area contributed by atoms with Crippen LogP contribution in [0.25, 0.3) is 0 Å². The van der Waals surface area contributed by atoms with E-state index in [0.29, 0.717) is 0 Å². The van der Waals surface area contributed by atoms with Crippen LogP contribution >= 0.6 is 11.3 Å². The van der Waals surface area contributed by atoms with Crippen molar-refractivity contribution < 1.29 is 23.1 Å². The number of carbonyl (C=O) groups is 2. The molecule has 1 amide bonds. The highest BCUT2D eigenvalue weighted by Gasteiger charge is 2.45. The first-order valence-electron chi connectivity index (χ1n) is 5.80. The molecule has 1 aliphatic rings. The van der Waals surface area contributed by atoms with Gasteiger partial charge >= 0.3 is 5.97 Å². The van der Waals surface area contributed by atoms with E-state index in [1.165, 1.54) is 19.2 Å². The van der Waals surface area contributed by atoms with E-state index < -0.39 is 21.5 Å². The molecule has 0 aliphatic carbocycles. The fourth-order valence-corrected chi connectivity index (χ4v) is 4.99. The second-order valence-corrected chi connectivity index (χ2v) is 7.85.